The van der Waals surface area contributed by atoms with Crippen molar-refractivity contribution in [3.63, 3.8) is 0 Å². The van der Waals surface area contributed by atoms with E-state index in [1.165, 1.54) is 44.2 Å². The molecule has 0 aliphatic carbocycles. The van der Waals surface area contributed by atoms with Gasteiger partial charge in [-0.1, -0.05) is 165 Å². The molecule has 0 aromatic heterocycles. The number of benzene rings is 12. The first-order valence-corrected chi connectivity index (χ1v) is 51.3. The van der Waals surface area contributed by atoms with E-state index in [2.05, 4.69) is 57.1 Å². The van der Waals surface area contributed by atoms with Crippen LogP contribution in [-0.2, 0) is 61.8 Å². The topological polar surface area (TPSA) is 347 Å². The van der Waals surface area contributed by atoms with Crippen molar-refractivity contribution in [2.45, 2.75) is 154 Å². The number of phenolic OH excluding ortho intramolecular Hbond substituents is 4. The number of hydrogen-bond donors (Lipinski definition) is 9. The summed E-state index contributed by atoms with van der Waals surface area (Å²) in [5.74, 6) is 2.45. The second-order valence-corrected chi connectivity index (χ2v) is 44.3. The number of hydroxylamine groups is 2. The molecule has 9 N–H and O–H groups in total. The molecular formula is C103H127N9O17S4. The van der Waals surface area contributed by atoms with Crippen LogP contribution in [-0.4, -0.2) is 174 Å². The van der Waals surface area contributed by atoms with Crippen LogP contribution < -0.4 is 62.5 Å². The maximum absolute atomic E-state index is 13.5. The van der Waals surface area contributed by atoms with E-state index in [4.69, 9.17) is 18.9 Å². The minimum atomic E-state index is -3.82. The maximum Gasteiger partial charge on any atom is 0.240 e. The Morgan fingerprint density at radius 1 is 0.331 bits per heavy atom. The third-order valence-electron chi connectivity index (χ3n) is 25.9. The van der Waals surface area contributed by atoms with Gasteiger partial charge in [-0.3, -0.25) is 0 Å². The molecule has 30 heteroatoms. The fraction of sp³-hybridized carbons (Fsp3) is 0.379. The van der Waals surface area contributed by atoms with Gasteiger partial charge in [-0.05, 0) is 226 Å². The molecule has 26 nitrogen and oxygen atoms in total. The summed E-state index contributed by atoms with van der Waals surface area (Å²) < 4.78 is 139. The fourth-order valence-electron chi connectivity index (χ4n) is 18.1. The lowest BCUT2D eigenvalue weighted by Crippen LogP contribution is -2.47. The van der Waals surface area contributed by atoms with Gasteiger partial charge < -0.3 is 69.2 Å². The number of nitrogens with one attached hydrogen (secondary N) is 5. The zero-order valence-electron chi connectivity index (χ0n) is 78.1. The number of aromatic hydroxyl groups is 4. The number of ether oxygens (including phenoxy) is 4. The summed E-state index contributed by atoms with van der Waals surface area (Å²) in [6.45, 7) is 24.5. The summed E-state index contributed by atoms with van der Waals surface area (Å²) >= 11 is 0. The van der Waals surface area contributed by atoms with E-state index in [0.29, 0.717) is 41.8 Å². The van der Waals surface area contributed by atoms with Crippen molar-refractivity contribution in [3.05, 3.63) is 246 Å². The van der Waals surface area contributed by atoms with Crippen LogP contribution in [0.2, 0.25) is 0 Å². The van der Waals surface area contributed by atoms with Crippen LogP contribution in [0.3, 0.4) is 0 Å². The van der Waals surface area contributed by atoms with E-state index in [-0.39, 0.29) is 68.8 Å². The van der Waals surface area contributed by atoms with Gasteiger partial charge in [0.1, 0.15) is 28.7 Å². The second-order valence-electron chi connectivity index (χ2n) is 37.2. The van der Waals surface area contributed by atoms with Crippen molar-refractivity contribution in [2.24, 2.45) is 0 Å². The number of nitrogens with zero attached hydrogens (tertiary/aromatic N) is 4. The highest BCUT2D eigenvalue weighted by Crippen LogP contribution is 2.44. The van der Waals surface area contributed by atoms with Gasteiger partial charge in [-0.2, -0.15) is 0 Å². The van der Waals surface area contributed by atoms with Gasteiger partial charge in [0.05, 0.1) is 78.2 Å². The molecule has 0 spiro atoms. The Labute approximate surface area is 783 Å². The van der Waals surface area contributed by atoms with Gasteiger partial charge in [0.25, 0.3) is 0 Å². The Hall–Kier alpha value is -11.0. The molecular weight excluding hydrogens is 1760 g/mol. The molecule has 12 aromatic carbocycles. The molecule has 4 aliphatic heterocycles. The van der Waals surface area contributed by atoms with Crippen molar-refractivity contribution in [2.75, 3.05) is 135 Å². The van der Waals surface area contributed by atoms with Crippen LogP contribution >= 0.6 is 0 Å². The van der Waals surface area contributed by atoms with Gasteiger partial charge in [0, 0.05) is 106 Å². The van der Waals surface area contributed by atoms with Crippen molar-refractivity contribution in [1.82, 2.24) is 28.9 Å². The number of piperazine rings is 1. The van der Waals surface area contributed by atoms with Crippen LogP contribution in [0.15, 0.2) is 238 Å². The molecule has 4 fully saturated rings. The first-order valence-electron chi connectivity index (χ1n) is 45.3. The highest BCUT2D eigenvalue weighted by atomic mass is 32.2. The first-order chi connectivity index (χ1) is 63.2. The minimum Gasteiger partial charge on any atom is -0.627 e. The SMILES string of the molecule is COc1ccc(S(=O)(=O)NCC(C)(C)c2cccc3cc(O)c(O)cc23)cc1N1CCCCC1.COc1ccc(S(=O)(=O)NCC(C)(C)c2cccc3cc(O)ccc23)cc1N1CCCCC1.COc1ccc(S(=O)(=O)NCC(C)(C)c2cccc3ccc(O)cc23)cc1N1CCNCC1.COc1ccc(S(=O)(=O)NCC(C)(C)c2cccc3ccccc23)cc1[N+]1([O-])CCCCC1. The fourth-order valence-corrected chi connectivity index (χ4v) is 23.0. The summed E-state index contributed by atoms with van der Waals surface area (Å²) in [6.07, 6.45) is 9.37. The van der Waals surface area contributed by atoms with Gasteiger partial charge >= 0.3 is 0 Å². The number of phenols is 4. The third kappa shape index (κ3) is 23.5. The quantitative estimate of drug-likeness (QED) is 0.0125. The molecule has 4 saturated heterocycles. The molecule has 133 heavy (non-hydrogen) atoms. The van der Waals surface area contributed by atoms with Crippen LogP contribution in [0, 0.1) is 5.21 Å². The first kappa shape index (κ1) is 99.5. The maximum atomic E-state index is 13.5. The average Bonchev–Trinajstić information content (AvgIpc) is 0.781. The Bertz CT molecular complexity index is 6630. The van der Waals surface area contributed by atoms with Crippen LogP contribution in [0.5, 0.6) is 46.0 Å². The van der Waals surface area contributed by atoms with Gasteiger partial charge in [0.15, 0.2) is 22.9 Å². The normalized spacial score (nSPS) is 15.4. The third-order valence-corrected chi connectivity index (χ3v) is 31.5. The summed E-state index contributed by atoms with van der Waals surface area (Å²) in [6, 6.07) is 64.8. The summed E-state index contributed by atoms with van der Waals surface area (Å²) in [5.41, 5.74) is 4.73. The molecule has 0 saturated carbocycles. The predicted octanol–water partition coefficient (Wildman–Crippen LogP) is 17.6. The number of rotatable bonds is 28. The van der Waals surface area contributed by atoms with Crippen LogP contribution in [0.1, 0.15) is 135 Å². The number of methoxy groups -OCH3 is 4. The van der Waals surface area contributed by atoms with E-state index >= 15 is 0 Å². The number of piperidine rings is 3. The molecule has 0 atom stereocenters. The Morgan fingerprint density at radius 2 is 0.654 bits per heavy atom. The van der Waals surface area contributed by atoms with Crippen molar-refractivity contribution < 1.29 is 73.0 Å². The van der Waals surface area contributed by atoms with E-state index in [9.17, 15) is 59.3 Å². The highest BCUT2D eigenvalue weighted by molar-refractivity contribution is 7.90. The molecule has 4 aliphatic rings. The van der Waals surface area contributed by atoms with Gasteiger partial charge in [-0.15, -0.1) is 0 Å². The summed E-state index contributed by atoms with van der Waals surface area (Å²) in [4.78, 5) is 7.27. The average molecular weight is 1890 g/mol. The number of fused-ring (bicyclic) bond motifs is 4. The van der Waals surface area contributed by atoms with E-state index in [0.717, 1.165) is 180 Å². The standard InChI is InChI=1S/C26H32N2O5S.2C26H32N2O4S.C25H31N3O4S/c1-26(2,21-9-7-8-18-14-23(29)24(30)16-20(18)21)17-27-34(31,32)19-10-11-25(33-3)22(15-19)28-12-5-4-6-13-28;1-26(2,23-13-9-11-20-10-5-6-12-22(20)23)19-27-33(30,31)21-14-15-25(32-3)24(18-21)28(29)16-7-4-8-17-28;1-26(2,23-9-7-8-19-16-20(29)10-12-22(19)23)18-27-33(30,31)21-11-13-25(32-3)24(17-21)28-14-5-4-6-15-28;1-25(2,22-6-4-5-18-7-8-19(29)15-21(18)22)17-27-33(30,31)20-9-10-24(32-3)23(16-20)28-13-11-26-12-14-28/h7-11,14-16,27,29-30H,4-6,12-13,17H2,1-3H3;5-6,9-15,18,27H,4,7-8,16-17,19H2,1-3H3;7-13,16-17,27,29H,4-6,14-15,18H2,1-3H3;4-10,15-16,26-27,29H,11-14,17H2,1-3H3. The molecule has 16 rings (SSSR count). The Morgan fingerprint density at radius 3 is 1.08 bits per heavy atom. The number of sulfonamides is 4. The van der Waals surface area contributed by atoms with Gasteiger partial charge in [-0.25, -0.2) is 52.6 Å². The highest BCUT2D eigenvalue weighted by Gasteiger charge is 2.35. The summed E-state index contributed by atoms with van der Waals surface area (Å²) in [5, 5.41) is 64.0. The largest absolute Gasteiger partial charge is 0.627 e. The Balaban J connectivity index is 0.000000151. The van der Waals surface area contributed by atoms with E-state index in [1.807, 2.05) is 146 Å². The van der Waals surface area contributed by atoms with Crippen molar-refractivity contribution in [1.29, 1.82) is 0 Å². The van der Waals surface area contributed by atoms with E-state index < -0.39 is 66.4 Å². The zero-order chi connectivity index (χ0) is 95.5. The molecule has 0 unspecified atom stereocenters. The smallest absolute Gasteiger partial charge is 0.240 e. The zero-order valence-corrected chi connectivity index (χ0v) is 81.3. The number of quaternary nitrogens is 1. The lowest BCUT2D eigenvalue weighted by molar-refractivity contribution is 0.294. The molecule has 12 aromatic rings. The monoisotopic (exact) mass is 1890 g/mol. The van der Waals surface area contributed by atoms with Gasteiger partial charge in [0.2, 0.25) is 40.1 Å². The van der Waals surface area contributed by atoms with Crippen LogP contribution in [0.4, 0.5) is 22.7 Å². The van der Waals surface area contributed by atoms with Crippen molar-refractivity contribution >= 4 is 106 Å². The molecule has 0 radical (unpaired) electrons. The lowest BCUT2D eigenvalue weighted by atomic mass is 9.82. The second kappa shape index (κ2) is 41.9. The number of hydrogen-bond acceptors (Lipinski definition) is 21. The van der Waals surface area contributed by atoms with Crippen LogP contribution in [0.25, 0.3) is 43.1 Å². The molecule has 0 amide bonds. The molecule has 4 heterocycles. The summed E-state index contributed by atoms with van der Waals surface area (Å²) in [7, 11) is -8.75. The predicted molar refractivity (Wildman–Crippen MR) is 533 cm³/mol. The van der Waals surface area contributed by atoms with E-state index in [1.54, 1.807) is 106 Å². The van der Waals surface area contributed by atoms with Crippen molar-refractivity contribution in [3.8, 4) is 46.0 Å². The molecule has 0 bridgehead atoms. The molecule has 710 valence electrons. The minimum absolute atomic E-state index is 0.0888. The lowest BCUT2D eigenvalue weighted by Gasteiger charge is -2.45. The number of anilines is 3. The Kier molecular flexibility index (Phi) is 31.3.